The van der Waals surface area contributed by atoms with Crippen LogP contribution in [0, 0.1) is 0 Å². The summed E-state index contributed by atoms with van der Waals surface area (Å²) in [5, 5.41) is 5.19. The van der Waals surface area contributed by atoms with Crippen LogP contribution in [0.2, 0.25) is 0 Å². The van der Waals surface area contributed by atoms with Crippen LogP contribution in [0.1, 0.15) is 48.2 Å². The van der Waals surface area contributed by atoms with Crippen LogP contribution in [0.5, 0.6) is 0 Å². The number of piperazine rings is 1. The Kier molecular flexibility index (Phi) is 6.40. The van der Waals surface area contributed by atoms with Crippen molar-refractivity contribution in [2.24, 2.45) is 0 Å². The average molecular weight is 493 g/mol. The molecule has 0 amide bonds. The maximum absolute atomic E-state index is 4.07. The lowest BCUT2D eigenvalue weighted by Crippen LogP contribution is -2.44. The van der Waals surface area contributed by atoms with E-state index in [9.17, 15) is 0 Å². The van der Waals surface area contributed by atoms with E-state index in [0.717, 1.165) is 43.7 Å². The van der Waals surface area contributed by atoms with Crippen molar-refractivity contribution in [3.8, 4) is 0 Å². The number of nitrogens with zero attached hydrogens (tertiary/aromatic N) is 2. The number of rotatable bonds is 6. The van der Waals surface area contributed by atoms with Gasteiger partial charge in [-0.3, -0.25) is 4.90 Å². The summed E-state index contributed by atoms with van der Waals surface area (Å²) in [6, 6.07) is 16.1. The molecule has 1 aliphatic carbocycles. The number of aromatic nitrogens is 1. The molecule has 2 aliphatic rings. The van der Waals surface area contributed by atoms with Gasteiger partial charge in [0.1, 0.15) is 0 Å². The number of aryl methyl sites for hydroxylation is 1. The van der Waals surface area contributed by atoms with Crippen LogP contribution in [0.25, 0.3) is 10.9 Å². The fourth-order valence-electron chi connectivity index (χ4n) is 5.19. The highest BCUT2D eigenvalue weighted by atomic mass is 79.9. The van der Waals surface area contributed by atoms with Crippen LogP contribution in [0.3, 0.4) is 0 Å². The number of nitrogens with one attached hydrogen (secondary N) is 2. The third kappa shape index (κ3) is 4.66. The molecule has 1 saturated heterocycles. The van der Waals surface area contributed by atoms with Crippen molar-refractivity contribution >= 4 is 26.8 Å². The van der Waals surface area contributed by atoms with Crippen LogP contribution in [0.15, 0.2) is 59.2 Å². The number of halogens is 1. The molecule has 1 atom stereocenters. The molecule has 0 unspecified atom stereocenters. The minimum absolute atomic E-state index is 0.397. The monoisotopic (exact) mass is 492 g/mol. The number of hydrogen-bond acceptors (Lipinski definition) is 3. The van der Waals surface area contributed by atoms with Gasteiger partial charge in [-0.2, -0.15) is 0 Å². The summed E-state index contributed by atoms with van der Waals surface area (Å²) in [6.45, 7) is 12.5. The fourth-order valence-corrected chi connectivity index (χ4v) is 5.55. The van der Waals surface area contributed by atoms with E-state index in [1.807, 2.05) is 0 Å². The largest absolute Gasteiger partial charge is 0.373 e. The third-order valence-electron chi connectivity index (χ3n) is 7.06. The van der Waals surface area contributed by atoms with Gasteiger partial charge < -0.3 is 15.2 Å². The van der Waals surface area contributed by atoms with Crippen LogP contribution >= 0.6 is 15.9 Å². The molecule has 3 aromatic rings. The van der Waals surface area contributed by atoms with Gasteiger partial charge >= 0.3 is 0 Å². The number of allylic oxidation sites excluding steroid dienone is 1. The minimum atomic E-state index is 0.397. The lowest BCUT2D eigenvalue weighted by molar-refractivity contribution is 0.153. The normalized spacial score (nSPS) is 19.3. The molecule has 0 bridgehead atoms. The summed E-state index contributed by atoms with van der Waals surface area (Å²) in [7, 11) is 0. The van der Waals surface area contributed by atoms with Gasteiger partial charge in [0, 0.05) is 72.1 Å². The smallest absolute Gasteiger partial charge is 0.0478 e. The summed E-state index contributed by atoms with van der Waals surface area (Å²) in [5.74, 6) is 0. The van der Waals surface area contributed by atoms with Crippen molar-refractivity contribution in [1.29, 1.82) is 0 Å². The molecule has 1 aromatic heterocycles. The molecule has 0 spiro atoms. The van der Waals surface area contributed by atoms with Crippen LogP contribution in [-0.2, 0) is 19.5 Å². The second kappa shape index (κ2) is 9.42. The maximum Gasteiger partial charge on any atom is 0.0478 e. The highest BCUT2D eigenvalue weighted by Gasteiger charge is 2.24. The van der Waals surface area contributed by atoms with Crippen molar-refractivity contribution in [1.82, 2.24) is 20.1 Å². The average Bonchev–Trinajstić information content (AvgIpc) is 3.17. The van der Waals surface area contributed by atoms with Gasteiger partial charge in [-0.05, 0) is 61.1 Å². The van der Waals surface area contributed by atoms with E-state index in [0.29, 0.717) is 6.04 Å². The van der Waals surface area contributed by atoms with Gasteiger partial charge in [-0.25, -0.2) is 0 Å². The molecule has 0 saturated carbocycles. The van der Waals surface area contributed by atoms with E-state index >= 15 is 0 Å². The van der Waals surface area contributed by atoms with E-state index in [2.05, 4.69) is 92.0 Å². The second-order valence-corrected chi connectivity index (χ2v) is 10.3. The molecule has 1 aliphatic heterocycles. The highest BCUT2D eigenvalue weighted by molar-refractivity contribution is 9.10. The first-order valence-corrected chi connectivity index (χ1v) is 12.6. The summed E-state index contributed by atoms with van der Waals surface area (Å²) in [6.07, 6.45) is 3.59. The Morgan fingerprint density at radius 3 is 2.59 bits per heavy atom. The zero-order valence-electron chi connectivity index (χ0n) is 19.0. The number of fused-ring (bicyclic) bond motifs is 3. The SMILES string of the molecule is C=C(C)N1CCN(Cc2ccc(CN[C@@H]3CCCc4c3[nH]c3ccc(Br)cc43)cc2)CC1. The van der Waals surface area contributed by atoms with Crippen LogP contribution in [-0.4, -0.2) is 41.0 Å². The van der Waals surface area contributed by atoms with Crippen molar-refractivity contribution in [3.63, 3.8) is 0 Å². The summed E-state index contributed by atoms with van der Waals surface area (Å²) in [5.41, 5.74) is 8.07. The lowest BCUT2D eigenvalue weighted by Gasteiger charge is -2.36. The maximum atomic E-state index is 4.07. The third-order valence-corrected chi connectivity index (χ3v) is 7.56. The first-order chi connectivity index (χ1) is 15.6. The first kappa shape index (κ1) is 21.7. The van der Waals surface area contributed by atoms with Gasteiger partial charge in [0.2, 0.25) is 0 Å². The van der Waals surface area contributed by atoms with Crippen LogP contribution in [0.4, 0.5) is 0 Å². The molecule has 5 heteroatoms. The van der Waals surface area contributed by atoms with Gasteiger partial charge in [0.15, 0.2) is 0 Å². The van der Waals surface area contributed by atoms with Crippen molar-refractivity contribution < 1.29 is 0 Å². The zero-order chi connectivity index (χ0) is 22.1. The summed E-state index contributed by atoms with van der Waals surface area (Å²) < 4.78 is 1.15. The van der Waals surface area contributed by atoms with Gasteiger partial charge in [0.05, 0.1) is 0 Å². The van der Waals surface area contributed by atoms with Crippen molar-refractivity contribution in [3.05, 3.63) is 81.6 Å². The van der Waals surface area contributed by atoms with Crippen molar-refractivity contribution in [2.75, 3.05) is 26.2 Å². The van der Waals surface area contributed by atoms with E-state index in [1.54, 1.807) is 0 Å². The van der Waals surface area contributed by atoms with E-state index in [-0.39, 0.29) is 0 Å². The number of aromatic amines is 1. The highest BCUT2D eigenvalue weighted by Crippen LogP contribution is 2.36. The Morgan fingerprint density at radius 1 is 1.09 bits per heavy atom. The van der Waals surface area contributed by atoms with E-state index in [1.165, 1.54) is 58.2 Å². The molecule has 0 radical (unpaired) electrons. The number of H-pyrrole nitrogens is 1. The summed E-state index contributed by atoms with van der Waals surface area (Å²) >= 11 is 3.63. The fraction of sp³-hybridized carbons (Fsp3) is 0.407. The number of hydrogen-bond donors (Lipinski definition) is 2. The Bertz CT molecular complexity index is 1090. The van der Waals surface area contributed by atoms with Crippen molar-refractivity contribution in [2.45, 2.75) is 45.3 Å². The minimum Gasteiger partial charge on any atom is -0.373 e. The molecule has 4 nitrogen and oxygen atoms in total. The van der Waals surface area contributed by atoms with E-state index in [4.69, 9.17) is 0 Å². The van der Waals surface area contributed by atoms with Crippen LogP contribution < -0.4 is 5.32 Å². The quantitative estimate of drug-likeness (QED) is 0.459. The molecular weight excluding hydrogens is 460 g/mol. The Labute approximate surface area is 199 Å². The molecule has 168 valence electrons. The molecule has 2 heterocycles. The zero-order valence-corrected chi connectivity index (χ0v) is 20.5. The predicted octanol–water partition coefficient (Wildman–Crippen LogP) is 5.75. The molecular formula is C27H33BrN4. The van der Waals surface area contributed by atoms with Gasteiger partial charge in [-0.1, -0.05) is 46.8 Å². The lowest BCUT2D eigenvalue weighted by atomic mass is 9.91. The first-order valence-electron chi connectivity index (χ1n) is 11.8. The standard InChI is InChI=1S/C27H33BrN4/c1-19(2)32-14-12-31(13-15-32)18-21-8-6-20(7-9-21)17-29-26-5-3-4-23-24-16-22(28)10-11-25(24)30-27(23)26/h6-11,16,26,29-30H,1,3-5,12-15,17-18H2,2H3/t26-/m1/s1. The second-order valence-electron chi connectivity index (χ2n) is 9.35. The van der Waals surface area contributed by atoms with Gasteiger partial charge in [-0.15, -0.1) is 0 Å². The Morgan fingerprint density at radius 2 is 1.84 bits per heavy atom. The molecule has 2 aromatic carbocycles. The topological polar surface area (TPSA) is 34.3 Å². The molecule has 32 heavy (non-hydrogen) atoms. The van der Waals surface area contributed by atoms with E-state index < -0.39 is 0 Å². The van der Waals surface area contributed by atoms with Gasteiger partial charge in [0.25, 0.3) is 0 Å². The molecule has 1 fully saturated rings. The molecule has 5 rings (SSSR count). The Balaban J connectivity index is 1.19. The Hall–Kier alpha value is -2.08. The summed E-state index contributed by atoms with van der Waals surface area (Å²) in [4.78, 5) is 8.63. The number of benzene rings is 2. The predicted molar refractivity (Wildman–Crippen MR) is 137 cm³/mol. The molecule has 2 N–H and O–H groups in total.